The number of nitrogens with one attached hydrogen (secondary N) is 2. The van der Waals surface area contributed by atoms with Gasteiger partial charge in [-0.1, -0.05) is 48.5 Å². The second-order valence-corrected chi connectivity index (χ2v) is 10.8. The third-order valence-corrected chi connectivity index (χ3v) is 6.34. The van der Waals surface area contributed by atoms with Crippen LogP contribution in [0.2, 0.25) is 0 Å². The maximum atomic E-state index is 13.5. The number of hydrogen-bond donors (Lipinski definition) is 3. The molecule has 3 N–H and O–H groups in total. The van der Waals surface area contributed by atoms with Crippen molar-refractivity contribution in [1.82, 2.24) is 15.5 Å². The Bertz CT molecular complexity index is 1110. The summed E-state index contributed by atoms with van der Waals surface area (Å²) in [5.41, 5.74) is 2.12. The van der Waals surface area contributed by atoms with E-state index >= 15 is 0 Å². The first-order chi connectivity index (χ1) is 17.9. The Morgan fingerprint density at radius 3 is 2.32 bits per heavy atom. The molecule has 1 aliphatic rings. The van der Waals surface area contributed by atoms with Gasteiger partial charge in [0.1, 0.15) is 18.5 Å². The van der Waals surface area contributed by atoms with Crippen LogP contribution < -0.4 is 15.4 Å². The molecule has 0 aliphatic carbocycles. The summed E-state index contributed by atoms with van der Waals surface area (Å²) >= 11 is 0. The number of rotatable bonds is 9. The minimum absolute atomic E-state index is 0.138. The highest BCUT2D eigenvalue weighted by Crippen LogP contribution is 2.23. The highest BCUT2D eigenvalue weighted by atomic mass is 16.5. The molecule has 1 saturated heterocycles. The van der Waals surface area contributed by atoms with Crippen molar-refractivity contribution in [2.45, 2.75) is 77.8 Å². The summed E-state index contributed by atoms with van der Waals surface area (Å²) in [4.78, 5) is 40.6. The van der Waals surface area contributed by atoms with Crippen LogP contribution in [0.3, 0.4) is 0 Å². The Balaban J connectivity index is 1.76. The summed E-state index contributed by atoms with van der Waals surface area (Å²) in [7, 11) is 0. The summed E-state index contributed by atoms with van der Waals surface area (Å²) in [6.07, 6.45) is -1.97. The molecule has 0 aromatic heterocycles. The summed E-state index contributed by atoms with van der Waals surface area (Å²) in [6, 6.07) is 13.1. The third-order valence-electron chi connectivity index (χ3n) is 6.34. The van der Waals surface area contributed by atoms with Gasteiger partial charge in [-0.25, -0.2) is 0 Å². The first kappa shape index (κ1) is 29.1. The van der Waals surface area contributed by atoms with Gasteiger partial charge in [0, 0.05) is 5.54 Å². The van der Waals surface area contributed by atoms with Gasteiger partial charge in [-0.05, 0) is 64.7 Å². The van der Waals surface area contributed by atoms with Crippen molar-refractivity contribution in [3.05, 3.63) is 65.2 Å². The van der Waals surface area contributed by atoms with E-state index in [-0.39, 0.29) is 25.7 Å². The first-order valence-corrected chi connectivity index (χ1v) is 12.8. The second kappa shape index (κ2) is 12.4. The lowest BCUT2D eigenvalue weighted by atomic mass is 9.99. The first-order valence-electron chi connectivity index (χ1n) is 12.8. The van der Waals surface area contributed by atoms with Gasteiger partial charge >= 0.3 is 0 Å². The Morgan fingerprint density at radius 2 is 1.71 bits per heavy atom. The molecule has 1 aliphatic heterocycles. The Hall–Kier alpha value is -3.43. The zero-order valence-corrected chi connectivity index (χ0v) is 23.0. The van der Waals surface area contributed by atoms with Crippen molar-refractivity contribution in [1.29, 1.82) is 0 Å². The van der Waals surface area contributed by atoms with Gasteiger partial charge in [-0.15, -0.1) is 0 Å². The van der Waals surface area contributed by atoms with Crippen LogP contribution in [0.5, 0.6) is 5.75 Å². The Morgan fingerprint density at radius 1 is 1.08 bits per heavy atom. The normalized spacial score (nSPS) is 19.0. The van der Waals surface area contributed by atoms with E-state index in [1.807, 2.05) is 83.1 Å². The summed E-state index contributed by atoms with van der Waals surface area (Å²) in [6.45, 7) is 10.6. The molecule has 0 unspecified atom stereocenters. The maximum Gasteiger partial charge on any atom is 0.258 e. The summed E-state index contributed by atoms with van der Waals surface area (Å²) in [5, 5.41) is 16.9. The van der Waals surface area contributed by atoms with E-state index in [1.165, 1.54) is 4.90 Å². The fourth-order valence-corrected chi connectivity index (χ4v) is 4.49. The lowest BCUT2D eigenvalue weighted by Crippen LogP contribution is -2.58. The molecule has 0 spiro atoms. The molecule has 3 rings (SSSR count). The van der Waals surface area contributed by atoms with Gasteiger partial charge in [-0.2, -0.15) is 0 Å². The van der Waals surface area contributed by atoms with Crippen LogP contribution in [0.15, 0.2) is 48.5 Å². The summed E-state index contributed by atoms with van der Waals surface area (Å²) < 4.78 is 11.4. The minimum atomic E-state index is -1.61. The molecule has 1 fully saturated rings. The molecule has 0 saturated carbocycles. The molecular formula is C29H39N3O6. The average molecular weight is 526 g/mol. The number of nitrogens with zero attached hydrogens (tertiary/aromatic N) is 1. The topological polar surface area (TPSA) is 117 Å². The number of carbonyl (C=O) groups is 3. The van der Waals surface area contributed by atoms with Crippen LogP contribution in [0.25, 0.3) is 0 Å². The molecule has 2 aromatic carbocycles. The molecule has 0 bridgehead atoms. The van der Waals surface area contributed by atoms with E-state index in [9.17, 15) is 19.5 Å². The number of aliphatic hydroxyl groups is 1. The molecule has 3 amide bonds. The standard InChI is InChI=1S/C29H39N3O6/c1-18-11-10-12-19(2)26(18)37-16-23(33)30-22(15-21-13-8-7-9-14-21)25(34)28(36)32-17-38-20(3)24(32)27(35)31-29(4,5)6/h7-14,20,22,24-25,34H,15-17H2,1-6H3,(H,30,33)(H,31,35)/t20-,22+,24+,25+/m1/s1. The number of aryl methyl sites for hydroxylation is 2. The number of hydrogen-bond acceptors (Lipinski definition) is 6. The van der Waals surface area contributed by atoms with E-state index < -0.39 is 41.6 Å². The molecule has 38 heavy (non-hydrogen) atoms. The van der Waals surface area contributed by atoms with E-state index in [4.69, 9.17) is 9.47 Å². The van der Waals surface area contributed by atoms with Crippen molar-refractivity contribution in [2.24, 2.45) is 0 Å². The number of ether oxygens (including phenoxy) is 2. The predicted octanol–water partition coefficient (Wildman–Crippen LogP) is 2.26. The van der Waals surface area contributed by atoms with Crippen molar-refractivity contribution in [2.75, 3.05) is 13.3 Å². The number of carbonyl (C=O) groups excluding carboxylic acids is 3. The molecule has 0 radical (unpaired) electrons. The fourth-order valence-electron chi connectivity index (χ4n) is 4.49. The van der Waals surface area contributed by atoms with Crippen molar-refractivity contribution >= 4 is 17.7 Å². The van der Waals surface area contributed by atoms with Gasteiger partial charge in [0.2, 0.25) is 5.91 Å². The van der Waals surface area contributed by atoms with Gasteiger partial charge in [-0.3, -0.25) is 14.4 Å². The van der Waals surface area contributed by atoms with Gasteiger partial charge in [0.15, 0.2) is 12.7 Å². The van der Waals surface area contributed by atoms with Crippen LogP contribution in [0.4, 0.5) is 0 Å². The largest absolute Gasteiger partial charge is 0.483 e. The van der Waals surface area contributed by atoms with Gasteiger partial charge in [0.25, 0.3) is 11.8 Å². The fraction of sp³-hybridized carbons (Fsp3) is 0.483. The van der Waals surface area contributed by atoms with Crippen molar-refractivity contribution in [3.63, 3.8) is 0 Å². The molecule has 206 valence electrons. The SMILES string of the molecule is Cc1cccc(C)c1OCC(=O)N[C@@H](Cc1ccccc1)[C@H](O)C(=O)N1CO[C@H](C)[C@H]1C(=O)NC(C)(C)C. The zero-order chi connectivity index (χ0) is 28.0. The Labute approximate surface area is 224 Å². The van der Waals surface area contributed by atoms with Gasteiger partial charge in [0.05, 0.1) is 12.1 Å². The molecule has 2 aromatic rings. The molecule has 1 heterocycles. The minimum Gasteiger partial charge on any atom is -0.483 e. The number of amides is 3. The van der Waals surface area contributed by atoms with Crippen LogP contribution in [-0.4, -0.2) is 70.9 Å². The van der Waals surface area contributed by atoms with Gasteiger partial charge < -0.3 is 30.1 Å². The lowest BCUT2D eigenvalue weighted by molar-refractivity contribution is -0.148. The highest BCUT2D eigenvalue weighted by molar-refractivity contribution is 5.91. The van der Waals surface area contributed by atoms with E-state index in [0.29, 0.717) is 5.75 Å². The second-order valence-electron chi connectivity index (χ2n) is 10.8. The van der Waals surface area contributed by atoms with Crippen LogP contribution in [0.1, 0.15) is 44.4 Å². The summed E-state index contributed by atoms with van der Waals surface area (Å²) in [5.74, 6) is -0.919. The van der Waals surface area contributed by atoms with E-state index in [1.54, 1.807) is 6.92 Å². The van der Waals surface area contributed by atoms with Crippen LogP contribution in [-0.2, 0) is 25.5 Å². The predicted molar refractivity (Wildman–Crippen MR) is 143 cm³/mol. The van der Waals surface area contributed by atoms with Crippen LogP contribution in [0, 0.1) is 13.8 Å². The third kappa shape index (κ3) is 7.55. The van der Waals surface area contributed by atoms with Crippen molar-refractivity contribution < 1.29 is 29.0 Å². The number of aliphatic hydroxyl groups excluding tert-OH is 1. The maximum absolute atomic E-state index is 13.5. The quantitative estimate of drug-likeness (QED) is 0.462. The number of benzene rings is 2. The van der Waals surface area contributed by atoms with E-state index in [2.05, 4.69) is 10.6 Å². The van der Waals surface area contributed by atoms with E-state index in [0.717, 1.165) is 16.7 Å². The zero-order valence-electron chi connectivity index (χ0n) is 23.0. The smallest absolute Gasteiger partial charge is 0.258 e. The monoisotopic (exact) mass is 525 g/mol. The average Bonchev–Trinajstić information content (AvgIpc) is 3.23. The van der Waals surface area contributed by atoms with Crippen molar-refractivity contribution in [3.8, 4) is 5.75 Å². The lowest BCUT2D eigenvalue weighted by Gasteiger charge is -2.31. The number of para-hydroxylation sites is 1. The van der Waals surface area contributed by atoms with Crippen LogP contribution >= 0.6 is 0 Å². The molecule has 9 heteroatoms. The Kier molecular flexibility index (Phi) is 9.51. The highest BCUT2D eigenvalue weighted by Gasteiger charge is 2.44. The molecule has 9 nitrogen and oxygen atoms in total. The molecular weight excluding hydrogens is 486 g/mol. The molecule has 4 atom stereocenters.